The summed E-state index contributed by atoms with van der Waals surface area (Å²) in [7, 11) is 0. The second-order valence-corrected chi connectivity index (χ2v) is 4.13. The van der Waals surface area contributed by atoms with Gasteiger partial charge in [-0.15, -0.1) is 0 Å². The van der Waals surface area contributed by atoms with E-state index in [0.717, 1.165) is 0 Å². The average Bonchev–Trinajstić information content (AvgIpc) is 2.99. The molecule has 0 aromatic carbocycles. The molecule has 0 saturated carbocycles. The second-order valence-electron chi connectivity index (χ2n) is 4.13. The Morgan fingerprint density at radius 2 is 1.40 bits per heavy atom. The summed E-state index contributed by atoms with van der Waals surface area (Å²) in [6.45, 7) is 0.428. The van der Waals surface area contributed by atoms with Crippen molar-refractivity contribution in [1.29, 1.82) is 0 Å². The normalized spacial score (nSPS) is 24.4. The Morgan fingerprint density at radius 3 is 1.75 bits per heavy atom. The molecule has 0 radical (unpaired) electrons. The fourth-order valence-electron chi connectivity index (χ4n) is 1.60. The van der Waals surface area contributed by atoms with Crippen molar-refractivity contribution in [2.24, 2.45) is 0 Å². The topological polar surface area (TPSA) is 107 Å². The van der Waals surface area contributed by atoms with Crippen molar-refractivity contribution in [3.05, 3.63) is 0 Å². The molecule has 2 aliphatic rings. The van der Waals surface area contributed by atoms with Crippen molar-refractivity contribution in [1.82, 2.24) is 0 Å². The fourth-order valence-corrected chi connectivity index (χ4v) is 1.60. The smallest absolute Gasteiger partial charge is 0.434 e. The predicted octanol–water partition coefficient (Wildman–Crippen LogP) is 0.991. The van der Waals surface area contributed by atoms with E-state index < -0.39 is 30.7 Å². The molecule has 2 fully saturated rings. The number of ether oxygens (including phenoxy) is 6. The maximum atomic E-state index is 11.2. The minimum atomic E-state index is -0.833. The number of rotatable bonds is 6. The van der Waals surface area contributed by atoms with Gasteiger partial charge in [0.15, 0.2) is 0 Å². The van der Waals surface area contributed by atoms with Crippen LogP contribution in [0.1, 0.15) is 12.8 Å². The number of carbonyl (C=O) groups excluding carboxylic acids is 3. The minimum Gasteiger partial charge on any atom is -0.434 e. The van der Waals surface area contributed by atoms with Gasteiger partial charge in [-0.2, -0.15) is 0 Å². The van der Waals surface area contributed by atoms with Crippen LogP contribution in [-0.2, 0) is 28.4 Å². The molecule has 112 valence electrons. The van der Waals surface area contributed by atoms with Gasteiger partial charge in [-0.3, -0.25) is 0 Å². The van der Waals surface area contributed by atoms with Gasteiger partial charge in [-0.1, -0.05) is 0 Å². The molecule has 9 heteroatoms. The third-order valence-corrected chi connectivity index (χ3v) is 2.62. The highest BCUT2D eigenvalue weighted by atomic mass is 16.8. The third-order valence-electron chi connectivity index (χ3n) is 2.62. The maximum Gasteiger partial charge on any atom is 0.508 e. The van der Waals surface area contributed by atoms with Gasteiger partial charge < -0.3 is 28.4 Å². The van der Waals surface area contributed by atoms with Crippen molar-refractivity contribution in [3.8, 4) is 0 Å². The molecular formula is C11H14O9. The number of hydrogen-bond acceptors (Lipinski definition) is 9. The zero-order chi connectivity index (χ0) is 14.4. The monoisotopic (exact) mass is 290 g/mol. The average molecular weight is 290 g/mol. The zero-order valence-electron chi connectivity index (χ0n) is 10.6. The summed E-state index contributed by atoms with van der Waals surface area (Å²) < 4.78 is 28.2. The van der Waals surface area contributed by atoms with E-state index in [0.29, 0.717) is 12.8 Å². The summed E-state index contributed by atoms with van der Waals surface area (Å²) >= 11 is 0. The summed E-state index contributed by atoms with van der Waals surface area (Å²) in [5.74, 6) is 0. The molecule has 0 aliphatic carbocycles. The van der Waals surface area contributed by atoms with Gasteiger partial charge in [0.2, 0.25) is 0 Å². The molecule has 0 N–H and O–H groups in total. The Bertz CT molecular complexity index is 346. The summed E-state index contributed by atoms with van der Waals surface area (Å²) in [5.41, 5.74) is 0. The number of carbonyl (C=O) groups is 3. The van der Waals surface area contributed by atoms with Crippen molar-refractivity contribution < 1.29 is 42.8 Å². The predicted molar refractivity (Wildman–Crippen MR) is 59.0 cm³/mol. The SMILES string of the molecule is O=C(OCCC1COC(=O)O1)OCCC1COC(=O)O1. The quantitative estimate of drug-likeness (QED) is 0.522. The standard InChI is InChI=1S/C11H14O9/c12-9(15-3-1-7-5-17-10(13)19-7)16-4-2-8-6-18-11(14)20-8/h7-8H,1-6H2. The molecule has 0 aromatic heterocycles. The van der Waals surface area contributed by atoms with Crippen molar-refractivity contribution in [2.75, 3.05) is 26.4 Å². The molecule has 0 amide bonds. The first kappa shape index (κ1) is 14.2. The van der Waals surface area contributed by atoms with Crippen LogP contribution in [0.2, 0.25) is 0 Å². The largest absolute Gasteiger partial charge is 0.508 e. The van der Waals surface area contributed by atoms with Crippen LogP contribution in [0.4, 0.5) is 14.4 Å². The lowest BCUT2D eigenvalue weighted by atomic mass is 10.3. The molecule has 2 atom stereocenters. The molecular weight excluding hydrogens is 276 g/mol. The van der Waals surface area contributed by atoms with Crippen LogP contribution in [0, 0.1) is 0 Å². The highest BCUT2D eigenvalue weighted by Gasteiger charge is 2.26. The van der Waals surface area contributed by atoms with Gasteiger partial charge in [0, 0.05) is 12.8 Å². The highest BCUT2D eigenvalue weighted by molar-refractivity contribution is 5.62. The first-order valence-electron chi connectivity index (χ1n) is 6.10. The Kier molecular flexibility index (Phi) is 4.85. The molecule has 0 bridgehead atoms. The third kappa shape index (κ3) is 4.48. The Morgan fingerprint density at radius 1 is 0.950 bits per heavy atom. The van der Waals surface area contributed by atoms with Gasteiger partial charge in [0.1, 0.15) is 25.4 Å². The van der Waals surface area contributed by atoms with E-state index in [1.165, 1.54) is 0 Å². The first-order valence-corrected chi connectivity index (χ1v) is 6.10. The summed E-state index contributed by atoms with van der Waals surface area (Å²) in [6, 6.07) is 0. The Hall–Kier alpha value is -2.19. The molecule has 0 aromatic rings. The van der Waals surface area contributed by atoms with E-state index in [4.69, 9.17) is 18.9 Å². The summed E-state index contributed by atoms with van der Waals surface area (Å²) in [4.78, 5) is 32.4. The number of cyclic esters (lactones) is 4. The molecule has 2 rings (SSSR count). The zero-order valence-corrected chi connectivity index (χ0v) is 10.6. The van der Waals surface area contributed by atoms with Crippen molar-refractivity contribution in [3.63, 3.8) is 0 Å². The van der Waals surface area contributed by atoms with E-state index in [-0.39, 0.29) is 26.4 Å². The van der Waals surface area contributed by atoms with Gasteiger partial charge in [0.25, 0.3) is 0 Å². The molecule has 2 saturated heterocycles. The summed E-state index contributed by atoms with van der Waals surface area (Å²) in [6.07, 6.45) is -2.38. The summed E-state index contributed by atoms with van der Waals surface area (Å²) in [5, 5.41) is 0. The minimum absolute atomic E-state index is 0.0572. The second kappa shape index (κ2) is 6.83. The van der Waals surface area contributed by atoms with Crippen LogP contribution < -0.4 is 0 Å². The fraction of sp³-hybridized carbons (Fsp3) is 0.727. The lowest BCUT2D eigenvalue weighted by Crippen LogP contribution is -2.18. The van der Waals surface area contributed by atoms with Gasteiger partial charge in [0.05, 0.1) is 13.2 Å². The van der Waals surface area contributed by atoms with Crippen LogP contribution in [-0.4, -0.2) is 57.1 Å². The highest BCUT2D eigenvalue weighted by Crippen LogP contribution is 2.11. The molecule has 2 heterocycles. The van der Waals surface area contributed by atoms with Crippen molar-refractivity contribution >= 4 is 18.5 Å². The lowest BCUT2D eigenvalue weighted by Gasteiger charge is -2.09. The van der Waals surface area contributed by atoms with E-state index in [1.807, 2.05) is 0 Å². The molecule has 20 heavy (non-hydrogen) atoms. The van der Waals surface area contributed by atoms with Crippen LogP contribution in [0.15, 0.2) is 0 Å². The van der Waals surface area contributed by atoms with Crippen LogP contribution in [0.5, 0.6) is 0 Å². The van der Waals surface area contributed by atoms with Crippen LogP contribution in [0.25, 0.3) is 0 Å². The Balaban J connectivity index is 1.48. The number of hydrogen-bond donors (Lipinski definition) is 0. The van der Waals surface area contributed by atoms with E-state index in [2.05, 4.69) is 9.47 Å². The maximum absolute atomic E-state index is 11.2. The molecule has 2 aliphatic heterocycles. The van der Waals surface area contributed by atoms with Gasteiger partial charge in [-0.25, -0.2) is 14.4 Å². The van der Waals surface area contributed by atoms with E-state index in [9.17, 15) is 14.4 Å². The van der Waals surface area contributed by atoms with Crippen LogP contribution in [0.3, 0.4) is 0 Å². The van der Waals surface area contributed by atoms with Crippen molar-refractivity contribution in [2.45, 2.75) is 25.0 Å². The molecule has 9 nitrogen and oxygen atoms in total. The molecule has 0 spiro atoms. The van der Waals surface area contributed by atoms with E-state index >= 15 is 0 Å². The lowest BCUT2D eigenvalue weighted by molar-refractivity contribution is 0.0372. The van der Waals surface area contributed by atoms with Gasteiger partial charge in [-0.05, 0) is 0 Å². The van der Waals surface area contributed by atoms with Gasteiger partial charge >= 0.3 is 18.5 Å². The van der Waals surface area contributed by atoms with E-state index in [1.54, 1.807) is 0 Å². The first-order chi connectivity index (χ1) is 9.63. The van der Waals surface area contributed by atoms with Crippen LogP contribution >= 0.6 is 0 Å². The molecule has 2 unspecified atom stereocenters. The Labute approximate surface area is 114 Å².